The van der Waals surface area contributed by atoms with Crippen molar-refractivity contribution in [2.24, 2.45) is 86.8 Å². The van der Waals surface area contributed by atoms with Gasteiger partial charge >= 0.3 is 0 Å². The minimum atomic E-state index is 0.542. The molecule has 0 amide bonds. The van der Waals surface area contributed by atoms with E-state index >= 15 is 0 Å². The summed E-state index contributed by atoms with van der Waals surface area (Å²) in [5, 5.41) is 0. The third-order valence-corrected chi connectivity index (χ3v) is 16.6. The molecule has 2 unspecified atom stereocenters. The molecule has 5 aliphatic carbocycles. The minimum Gasteiger partial charge on any atom is -0.0654 e. The summed E-state index contributed by atoms with van der Waals surface area (Å²) in [5.74, 6) is 10.7. The lowest BCUT2D eigenvalue weighted by molar-refractivity contribution is 0.397. The van der Waals surface area contributed by atoms with E-state index in [-0.39, 0.29) is 0 Å². The molecule has 0 heterocycles. The van der Waals surface area contributed by atoms with Crippen molar-refractivity contribution in [3.8, 4) is 0 Å². The van der Waals surface area contributed by atoms with Gasteiger partial charge in [0.05, 0.1) is 0 Å². The Morgan fingerprint density at radius 1 is 0.421 bits per heavy atom. The van der Waals surface area contributed by atoms with E-state index in [1.165, 1.54) is 167 Å². The zero-order valence-corrected chi connectivity index (χ0v) is 61.7. The third-order valence-electron chi connectivity index (χ3n) is 16.6. The Morgan fingerprint density at radius 2 is 0.697 bits per heavy atom. The van der Waals surface area contributed by atoms with Crippen molar-refractivity contribution >= 4 is 0 Å². The van der Waals surface area contributed by atoms with Gasteiger partial charge in [-0.3, -0.25) is 0 Å². The smallest absolute Gasteiger partial charge is 0.0328 e. The maximum absolute atomic E-state index is 2.35. The van der Waals surface area contributed by atoms with Gasteiger partial charge < -0.3 is 0 Å². The molecule has 0 radical (unpaired) electrons. The van der Waals surface area contributed by atoms with Crippen molar-refractivity contribution in [1.29, 1.82) is 0 Å². The van der Waals surface area contributed by atoms with Crippen LogP contribution in [-0.4, -0.2) is 0 Å². The highest BCUT2D eigenvalue weighted by molar-refractivity contribution is 4.86. The van der Waals surface area contributed by atoms with Gasteiger partial charge in [-0.05, 0) is 132 Å². The third kappa shape index (κ3) is 113. The molecule has 5 aliphatic rings. The van der Waals surface area contributed by atoms with Gasteiger partial charge in [0, 0.05) is 0 Å². The Hall–Kier alpha value is 0. The van der Waals surface area contributed by atoms with Crippen LogP contribution in [0.3, 0.4) is 0 Å². The molecule has 0 nitrogen and oxygen atoms in total. The molecule has 76 heavy (non-hydrogen) atoms. The van der Waals surface area contributed by atoms with E-state index in [0.717, 1.165) is 75.9 Å². The zero-order valence-electron chi connectivity index (χ0n) is 61.7. The molecule has 472 valence electrons. The first-order chi connectivity index (χ1) is 34.9. The summed E-state index contributed by atoms with van der Waals surface area (Å²) < 4.78 is 0. The molecular weight excluding hydrogens is 913 g/mol. The van der Waals surface area contributed by atoms with Crippen molar-refractivity contribution in [2.45, 2.75) is 409 Å². The van der Waals surface area contributed by atoms with Crippen LogP contribution in [0.15, 0.2) is 0 Å². The molecule has 0 aromatic rings. The van der Waals surface area contributed by atoms with Gasteiger partial charge in [0.25, 0.3) is 0 Å². The maximum atomic E-state index is 2.35. The molecule has 2 atom stereocenters. The summed E-state index contributed by atoms with van der Waals surface area (Å²) in [5.41, 5.74) is 2.62. The Labute approximate surface area is 493 Å². The van der Waals surface area contributed by atoms with Crippen LogP contribution in [-0.2, 0) is 0 Å². The van der Waals surface area contributed by atoms with Crippen molar-refractivity contribution < 1.29 is 0 Å². The normalized spacial score (nSPS) is 17.4. The molecule has 5 saturated carbocycles. The van der Waals surface area contributed by atoms with Gasteiger partial charge in [-0.15, -0.1) is 0 Å². The van der Waals surface area contributed by atoms with E-state index in [0.29, 0.717) is 10.8 Å². The number of hydrogen-bond donors (Lipinski definition) is 0. The fourth-order valence-electron chi connectivity index (χ4n) is 5.13. The molecule has 0 aromatic heterocycles. The minimum absolute atomic E-state index is 0.542. The molecule has 0 aromatic carbocycles. The molecule has 5 fully saturated rings. The van der Waals surface area contributed by atoms with Crippen LogP contribution in [0.25, 0.3) is 0 Å². The average Bonchev–Trinajstić information content (AvgIpc) is 4.07. The van der Waals surface area contributed by atoms with Gasteiger partial charge in [0.15, 0.2) is 0 Å². The second-order valence-electron chi connectivity index (χ2n) is 30.6. The van der Waals surface area contributed by atoms with E-state index in [1.54, 1.807) is 0 Å². The first-order valence-corrected chi connectivity index (χ1v) is 34.9. The number of unbranched alkanes of at least 4 members (excludes halogenated alkanes) is 3. The summed E-state index contributed by atoms with van der Waals surface area (Å²) in [6.45, 7) is 78.9. The molecule has 0 spiro atoms. The summed E-state index contributed by atoms with van der Waals surface area (Å²) in [6, 6.07) is 0. The maximum Gasteiger partial charge on any atom is -0.0328 e. The van der Waals surface area contributed by atoms with Crippen LogP contribution in [0.4, 0.5) is 0 Å². The number of hydrogen-bond acceptors (Lipinski definition) is 0. The van der Waals surface area contributed by atoms with Crippen LogP contribution < -0.4 is 0 Å². The SMILES string of the molecule is CC(C)C(C)C.CC(C)C1CC1.CC1(C)CC1.CC1CC1C.CCC(C)(C)C.CCC(C)(C)C.CCC(C)CC.CCC(C)CC.CCC1(C)CC1.CCCC(C)C.CCCC(C)C.CCCC1CC1.CCCCCC. The first-order valence-electron chi connectivity index (χ1n) is 34.9. The van der Waals surface area contributed by atoms with Crippen LogP contribution in [0, 0.1) is 86.8 Å². The lowest BCUT2D eigenvalue weighted by Crippen LogP contribution is -2.00. The molecule has 0 bridgehead atoms. The van der Waals surface area contributed by atoms with E-state index in [1.807, 2.05) is 0 Å². The molecule has 5 rings (SSSR count). The fourth-order valence-corrected chi connectivity index (χ4v) is 5.13. The van der Waals surface area contributed by atoms with Gasteiger partial charge in [-0.25, -0.2) is 0 Å². The molecule has 0 saturated heterocycles. The topological polar surface area (TPSA) is 0 Å². The molecular formula is C76H168. The highest BCUT2D eigenvalue weighted by atomic mass is 14.4. The zero-order chi connectivity index (χ0) is 61.7. The second-order valence-corrected chi connectivity index (χ2v) is 30.6. The average molecular weight is 1080 g/mol. The predicted octanol–water partition coefficient (Wildman–Crippen LogP) is 29.5. The largest absolute Gasteiger partial charge is 0.0654 e. The lowest BCUT2D eigenvalue weighted by atomic mass is 9.94. The summed E-state index contributed by atoms with van der Waals surface area (Å²) in [7, 11) is 0. The lowest BCUT2D eigenvalue weighted by Gasteiger charge is -2.12. The number of rotatable bonds is 16. The molecule has 0 N–H and O–H groups in total. The Morgan fingerprint density at radius 3 is 0.724 bits per heavy atom. The fraction of sp³-hybridized carbons (Fsp3) is 1.00. The quantitative estimate of drug-likeness (QED) is 0.135. The monoisotopic (exact) mass is 1080 g/mol. The van der Waals surface area contributed by atoms with Gasteiger partial charge in [0.1, 0.15) is 0 Å². The van der Waals surface area contributed by atoms with Crippen LogP contribution in [0.1, 0.15) is 409 Å². The Balaban J connectivity index is -0.000000110. The van der Waals surface area contributed by atoms with Crippen molar-refractivity contribution in [3.63, 3.8) is 0 Å². The van der Waals surface area contributed by atoms with Gasteiger partial charge in [-0.1, -0.05) is 364 Å². The Bertz CT molecular complexity index is 927. The van der Waals surface area contributed by atoms with E-state index in [9.17, 15) is 0 Å². The van der Waals surface area contributed by atoms with Crippen molar-refractivity contribution in [2.75, 3.05) is 0 Å². The van der Waals surface area contributed by atoms with Crippen molar-refractivity contribution in [3.05, 3.63) is 0 Å². The Kier molecular flexibility index (Phi) is 72.5. The van der Waals surface area contributed by atoms with Gasteiger partial charge in [-0.2, -0.15) is 0 Å². The summed E-state index contributed by atoms with van der Waals surface area (Å²) in [4.78, 5) is 0. The predicted molar refractivity (Wildman–Crippen MR) is 367 cm³/mol. The molecule has 0 aliphatic heterocycles. The summed E-state index contributed by atoms with van der Waals surface area (Å²) in [6.07, 6.45) is 36.4. The van der Waals surface area contributed by atoms with E-state index < -0.39 is 0 Å². The van der Waals surface area contributed by atoms with E-state index in [2.05, 4.69) is 242 Å². The van der Waals surface area contributed by atoms with Crippen LogP contribution in [0.5, 0.6) is 0 Å². The second kappa shape index (κ2) is 59.6. The summed E-state index contributed by atoms with van der Waals surface area (Å²) >= 11 is 0. The van der Waals surface area contributed by atoms with Crippen molar-refractivity contribution in [1.82, 2.24) is 0 Å². The molecule has 0 heteroatoms. The van der Waals surface area contributed by atoms with Gasteiger partial charge in [0.2, 0.25) is 0 Å². The highest BCUT2D eigenvalue weighted by Gasteiger charge is 2.34. The van der Waals surface area contributed by atoms with Crippen LogP contribution in [0.2, 0.25) is 0 Å². The standard InChI is InChI=1S/3C6H12.8C6H14.2C5H10/c1-5(2)6-3-4-6;1-3-6(2)4-5-6;1-2-3-6-4-5-6;2*1-5-6(2,3)4;1-5(2)6(3)4;2*1-4-5-6(2)3;2*1-4-6(3)5-2;1-3-5-6-4-2;1-5(2)3-4-5;1-4-3-5(4)2/h5-6H,3-4H2,1-2H3;3-5H2,1-2H3;6H,2-5H2,1H3;2*5H2,1-4H3;5-6H,1-4H3;4*6H,4-5H2,1-3H3;3-6H2,1-2H3;3-4H2,1-2H3;4-5H,3H2,1-2H3. The highest BCUT2D eigenvalue weighted by Crippen LogP contribution is 2.47. The van der Waals surface area contributed by atoms with E-state index in [4.69, 9.17) is 0 Å². The first kappa shape index (κ1) is 92.5. The van der Waals surface area contributed by atoms with Crippen LogP contribution >= 0.6 is 0 Å².